The number of hydrogen-bond donors (Lipinski definition) is 1. The number of sulfonamides is 1. The Morgan fingerprint density at radius 2 is 1.90 bits per heavy atom. The quantitative estimate of drug-likeness (QED) is 0.674. The van der Waals surface area contributed by atoms with Crippen molar-refractivity contribution in [1.29, 1.82) is 0 Å². The summed E-state index contributed by atoms with van der Waals surface area (Å²) in [5.41, 5.74) is 2.04. The van der Waals surface area contributed by atoms with Crippen LogP contribution in [0.4, 0.5) is 14.5 Å². The molecule has 0 spiro atoms. The molecule has 1 N–H and O–H groups in total. The van der Waals surface area contributed by atoms with Crippen LogP contribution in [-0.4, -0.2) is 25.8 Å². The number of fused-ring (bicyclic) bond motifs is 1. The van der Waals surface area contributed by atoms with E-state index in [0.29, 0.717) is 30.5 Å². The van der Waals surface area contributed by atoms with Crippen molar-refractivity contribution in [2.75, 3.05) is 11.3 Å². The van der Waals surface area contributed by atoms with Crippen molar-refractivity contribution in [3.8, 4) is 0 Å². The molecule has 1 amide bonds. The molecule has 5 nitrogen and oxygen atoms in total. The first-order valence-electron chi connectivity index (χ1n) is 8.76. The van der Waals surface area contributed by atoms with E-state index < -0.39 is 26.6 Å². The van der Waals surface area contributed by atoms with Gasteiger partial charge in [0.25, 0.3) is 15.9 Å². The van der Waals surface area contributed by atoms with Crippen LogP contribution in [0.25, 0.3) is 0 Å². The molecule has 150 valence electrons. The van der Waals surface area contributed by atoms with Crippen molar-refractivity contribution in [2.45, 2.75) is 17.9 Å². The number of nitrogens with one attached hydrogen (secondary N) is 1. The van der Waals surface area contributed by atoms with Crippen LogP contribution >= 0.6 is 11.3 Å². The van der Waals surface area contributed by atoms with Gasteiger partial charge in [0.15, 0.2) is 0 Å². The van der Waals surface area contributed by atoms with E-state index in [1.165, 1.54) is 11.3 Å². The molecular weight excluding hydrogens is 418 g/mol. The number of halogens is 2. The van der Waals surface area contributed by atoms with E-state index in [0.717, 1.165) is 23.3 Å². The van der Waals surface area contributed by atoms with Crippen molar-refractivity contribution in [3.63, 3.8) is 0 Å². The highest BCUT2D eigenvalue weighted by Gasteiger charge is 2.24. The summed E-state index contributed by atoms with van der Waals surface area (Å²) < 4.78 is 54.5. The van der Waals surface area contributed by atoms with Crippen LogP contribution in [0, 0.1) is 11.6 Å². The average Bonchev–Trinajstić information content (AvgIpc) is 3.23. The largest absolute Gasteiger partial charge is 0.333 e. The van der Waals surface area contributed by atoms with Crippen LogP contribution in [0.15, 0.2) is 58.8 Å². The zero-order chi connectivity index (χ0) is 20.6. The zero-order valence-electron chi connectivity index (χ0n) is 15.1. The fraction of sp³-hybridized carbons (Fsp3) is 0.150. The highest BCUT2D eigenvalue weighted by molar-refractivity contribution is 7.92. The normalized spacial score (nSPS) is 13.8. The Hall–Kier alpha value is -2.78. The first-order chi connectivity index (χ1) is 13.8. The summed E-state index contributed by atoms with van der Waals surface area (Å²) in [7, 11) is -4.30. The zero-order valence-corrected chi connectivity index (χ0v) is 16.7. The molecule has 1 aliphatic heterocycles. The second kappa shape index (κ2) is 7.57. The standard InChI is InChI=1S/C20H16F2N2O3S2/c21-15-4-6-17(22)19(11-15)29(26,27)23-16-5-3-13-7-8-24(12-14(13)10-16)20(25)18-2-1-9-28-18/h1-6,9-11,23H,7-8,12H2. The van der Waals surface area contributed by atoms with E-state index in [-0.39, 0.29) is 11.6 Å². The number of hydrogen-bond acceptors (Lipinski definition) is 4. The van der Waals surface area contributed by atoms with Gasteiger partial charge in [-0.3, -0.25) is 9.52 Å². The number of rotatable bonds is 4. The van der Waals surface area contributed by atoms with Crippen molar-refractivity contribution in [1.82, 2.24) is 4.90 Å². The van der Waals surface area contributed by atoms with Gasteiger partial charge in [-0.1, -0.05) is 12.1 Å². The molecule has 2 aromatic carbocycles. The summed E-state index contributed by atoms with van der Waals surface area (Å²) >= 11 is 1.37. The minimum Gasteiger partial charge on any atom is -0.333 e. The maximum atomic E-state index is 13.9. The van der Waals surface area contributed by atoms with Crippen LogP contribution in [0.2, 0.25) is 0 Å². The van der Waals surface area contributed by atoms with Crippen molar-refractivity contribution in [3.05, 3.63) is 81.5 Å². The number of carbonyl (C=O) groups excluding carboxylic acids is 1. The molecule has 4 rings (SSSR count). The Morgan fingerprint density at radius 3 is 2.66 bits per heavy atom. The SMILES string of the molecule is O=C(c1cccs1)N1CCc2ccc(NS(=O)(=O)c3cc(F)ccc3F)cc2C1. The topological polar surface area (TPSA) is 66.5 Å². The molecule has 29 heavy (non-hydrogen) atoms. The molecule has 0 radical (unpaired) electrons. The molecule has 1 aliphatic rings. The first kappa shape index (κ1) is 19.5. The average molecular weight is 434 g/mol. The van der Waals surface area contributed by atoms with Gasteiger partial charge in [0.1, 0.15) is 16.5 Å². The van der Waals surface area contributed by atoms with E-state index in [1.807, 2.05) is 11.4 Å². The number of thiophene rings is 1. The van der Waals surface area contributed by atoms with Crippen LogP contribution in [-0.2, 0) is 23.0 Å². The van der Waals surface area contributed by atoms with Crippen molar-refractivity contribution < 1.29 is 22.0 Å². The maximum absolute atomic E-state index is 13.9. The van der Waals surface area contributed by atoms with E-state index in [4.69, 9.17) is 0 Å². The lowest BCUT2D eigenvalue weighted by Crippen LogP contribution is -2.35. The van der Waals surface area contributed by atoms with Gasteiger partial charge in [-0.2, -0.15) is 0 Å². The van der Waals surface area contributed by atoms with Gasteiger partial charge in [-0.05, 0) is 59.3 Å². The smallest absolute Gasteiger partial charge is 0.264 e. The van der Waals surface area contributed by atoms with Crippen LogP contribution < -0.4 is 4.72 Å². The molecule has 9 heteroatoms. The fourth-order valence-electron chi connectivity index (χ4n) is 3.24. The van der Waals surface area contributed by atoms with E-state index in [1.54, 1.807) is 29.2 Å². The van der Waals surface area contributed by atoms with Gasteiger partial charge in [0.2, 0.25) is 0 Å². The molecule has 0 unspecified atom stereocenters. The molecule has 1 aromatic heterocycles. The summed E-state index contributed by atoms with van der Waals surface area (Å²) in [5, 5.41) is 1.84. The molecule has 0 atom stereocenters. The lowest BCUT2D eigenvalue weighted by Gasteiger charge is -2.29. The Balaban J connectivity index is 1.58. The predicted molar refractivity (Wildman–Crippen MR) is 106 cm³/mol. The second-order valence-corrected chi connectivity index (χ2v) is 9.22. The molecule has 0 fully saturated rings. The van der Waals surface area contributed by atoms with E-state index >= 15 is 0 Å². The van der Waals surface area contributed by atoms with E-state index in [2.05, 4.69) is 4.72 Å². The predicted octanol–water partition coefficient (Wildman–Crippen LogP) is 4.03. The minimum absolute atomic E-state index is 0.0709. The maximum Gasteiger partial charge on any atom is 0.264 e. The van der Waals surface area contributed by atoms with Gasteiger partial charge < -0.3 is 4.90 Å². The monoisotopic (exact) mass is 434 g/mol. The Morgan fingerprint density at radius 1 is 1.07 bits per heavy atom. The van der Waals surface area contributed by atoms with Crippen LogP contribution in [0.1, 0.15) is 20.8 Å². The Bertz CT molecular complexity index is 1180. The lowest BCUT2D eigenvalue weighted by atomic mass is 9.99. The van der Waals surface area contributed by atoms with Gasteiger partial charge in [0, 0.05) is 18.8 Å². The third kappa shape index (κ3) is 4.01. The van der Waals surface area contributed by atoms with Crippen molar-refractivity contribution in [2.24, 2.45) is 0 Å². The summed E-state index contributed by atoms with van der Waals surface area (Å²) in [6, 6.07) is 10.8. The number of carbonyl (C=O) groups is 1. The van der Waals surface area contributed by atoms with Crippen LogP contribution in [0.3, 0.4) is 0 Å². The number of nitrogens with zero attached hydrogens (tertiary/aromatic N) is 1. The molecule has 2 heterocycles. The lowest BCUT2D eigenvalue weighted by molar-refractivity contribution is 0.0739. The first-order valence-corrected chi connectivity index (χ1v) is 11.1. The summed E-state index contributed by atoms with van der Waals surface area (Å²) in [6.07, 6.45) is 0.651. The number of amides is 1. The third-order valence-electron chi connectivity index (χ3n) is 4.67. The van der Waals surface area contributed by atoms with Gasteiger partial charge in [0.05, 0.1) is 4.88 Å². The van der Waals surface area contributed by atoms with Gasteiger partial charge in [-0.25, -0.2) is 17.2 Å². The molecule has 0 saturated heterocycles. The molecular formula is C20H16F2N2O3S2. The van der Waals surface area contributed by atoms with Gasteiger partial charge in [-0.15, -0.1) is 11.3 Å². The summed E-state index contributed by atoms with van der Waals surface area (Å²) in [6.45, 7) is 0.916. The van der Waals surface area contributed by atoms with Crippen molar-refractivity contribution >= 4 is 33.0 Å². The molecule has 0 aliphatic carbocycles. The third-order valence-corrected chi connectivity index (χ3v) is 6.93. The fourth-order valence-corrected chi connectivity index (χ4v) is 5.07. The number of anilines is 1. The number of benzene rings is 2. The molecule has 0 saturated carbocycles. The van der Waals surface area contributed by atoms with E-state index in [9.17, 15) is 22.0 Å². The second-order valence-electron chi connectivity index (χ2n) is 6.62. The Kier molecular flexibility index (Phi) is 5.10. The minimum atomic E-state index is -4.30. The highest BCUT2D eigenvalue weighted by Crippen LogP contribution is 2.26. The van der Waals surface area contributed by atoms with Crippen LogP contribution in [0.5, 0.6) is 0 Å². The van der Waals surface area contributed by atoms with Gasteiger partial charge >= 0.3 is 0 Å². The summed E-state index contributed by atoms with van der Waals surface area (Å²) in [5.74, 6) is -1.96. The summed E-state index contributed by atoms with van der Waals surface area (Å²) in [4.78, 5) is 14.2. The molecule has 0 bridgehead atoms. The highest BCUT2D eigenvalue weighted by atomic mass is 32.2. The molecule has 3 aromatic rings. The Labute approximate surface area is 170 Å².